The van der Waals surface area contributed by atoms with Crippen LogP contribution in [0.4, 0.5) is 0 Å². The van der Waals surface area contributed by atoms with Gasteiger partial charge in [0.05, 0.1) is 14.2 Å². The van der Waals surface area contributed by atoms with Crippen molar-refractivity contribution in [2.24, 2.45) is 0 Å². The van der Waals surface area contributed by atoms with Crippen molar-refractivity contribution in [3.8, 4) is 11.5 Å². The van der Waals surface area contributed by atoms with Crippen molar-refractivity contribution in [2.45, 2.75) is 25.9 Å². The van der Waals surface area contributed by atoms with Gasteiger partial charge in [-0.1, -0.05) is 24.3 Å². The number of likely N-dealkylation sites (tertiary alicyclic amines) is 1. The Bertz CT molecular complexity index is 809. The van der Waals surface area contributed by atoms with E-state index in [2.05, 4.69) is 34.5 Å². The summed E-state index contributed by atoms with van der Waals surface area (Å²) < 4.78 is 10.5. The van der Waals surface area contributed by atoms with Gasteiger partial charge in [-0.05, 0) is 55.3 Å². The first kappa shape index (κ1) is 20.0. The van der Waals surface area contributed by atoms with Crippen LogP contribution in [0, 0.1) is 0 Å². The van der Waals surface area contributed by atoms with E-state index in [4.69, 9.17) is 9.47 Å². The molecule has 5 heteroatoms. The van der Waals surface area contributed by atoms with Crippen molar-refractivity contribution in [1.29, 1.82) is 0 Å². The molecule has 1 heterocycles. The van der Waals surface area contributed by atoms with Gasteiger partial charge in [0.15, 0.2) is 0 Å². The number of carbonyl (C=O) groups is 1. The summed E-state index contributed by atoms with van der Waals surface area (Å²) in [6, 6.07) is 14.0. The predicted octanol–water partition coefficient (Wildman–Crippen LogP) is 3.63. The monoisotopic (exact) mass is 380 g/mol. The van der Waals surface area contributed by atoms with Crippen LogP contribution in [0.25, 0.3) is 6.08 Å². The Kier molecular flexibility index (Phi) is 7.09. The van der Waals surface area contributed by atoms with Gasteiger partial charge in [-0.15, -0.1) is 0 Å². The molecule has 3 rings (SSSR count). The van der Waals surface area contributed by atoms with Gasteiger partial charge in [0, 0.05) is 30.8 Å². The molecular formula is C23H28N2O3. The minimum Gasteiger partial charge on any atom is -0.497 e. The molecule has 0 spiro atoms. The summed E-state index contributed by atoms with van der Waals surface area (Å²) in [5.74, 6) is 1.24. The average molecular weight is 380 g/mol. The third kappa shape index (κ3) is 5.60. The highest BCUT2D eigenvalue weighted by Crippen LogP contribution is 2.25. The van der Waals surface area contributed by atoms with E-state index in [0.29, 0.717) is 18.0 Å². The minimum atomic E-state index is -0.140. The van der Waals surface area contributed by atoms with E-state index in [1.54, 1.807) is 26.4 Å². The van der Waals surface area contributed by atoms with Crippen molar-refractivity contribution >= 4 is 12.0 Å². The highest BCUT2D eigenvalue weighted by atomic mass is 16.5. The third-order valence-electron chi connectivity index (χ3n) is 4.95. The molecule has 1 fully saturated rings. The van der Waals surface area contributed by atoms with E-state index in [1.165, 1.54) is 37.6 Å². The Hall–Kier alpha value is -2.79. The van der Waals surface area contributed by atoms with Gasteiger partial charge in [-0.2, -0.15) is 0 Å². The first-order chi connectivity index (χ1) is 13.7. The first-order valence-corrected chi connectivity index (χ1v) is 9.66. The molecule has 1 N–H and O–H groups in total. The van der Waals surface area contributed by atoms with Crippen molar-refractivity contribution in [3.63, 3.8) is 0 Å². The summed E-state index contributed by atoms with van der Waals surface area (Å²) in [7, 11) is 3.20. The Labute approximate surface area is 167 Å². The molecule has 148 valence electrons. The Morgan fingerprint density at radius 3 is 2.43 bits per heavy atom. The van der Waals surface area contributed by atoms with Crippen molar-refractivity contribution in [3.05, 3.63) is 65.2 Å². The molecule has 0 unspecified atom stereocenters. The van der Waals surface area contributed by atoms with E-state index < -0.39 is 0 Å². The molecule has 0 atom stereocenters. The van der Waals surface area contributed by atoms with E-state index >= 15 is 0 Å². The molecule has 2 aromatic carbocycles. The van der Waals surface area contributed by atoms with Crippen LogP contribution in [0.15, 0.2) is 48.5 Å². The molecular weight excluding hydrogens is 352 g/mol. The maximum absolute atomic E-state index is 12.1. The van der Waals surface area contributed by atoms with Gasteiger partial charge in [0.1, 0.15) is 11.5 Å². The summed E-state index contributed by atoms with van der Waals surface area (Å²) in [6.45, 7) is 3.91. The van der Waals surface area contributed by atoms with Crippen LogP contribution in [-0.2, 0) is 17.9 Å². The first-order valence-electron chi connectivity index (χ1n) is 9.66. The van der Waals surface area contributed by atoms with E-state index in [-0.39, 0.29) is 5.91 Å². The lowest BCUT2D eigenvalue weighted by molar-refractivity contribution is -0.116. The van der Waals surface area contributed by atoms with Crippen LogP contribution in [0.5, 0.6) is 11.5 Å². The molecule has 1 aliphatic heterocycles. The largest absolute Gasteiger partial charge is 0.497 e. The standard InChI is InChI=1S/C23H28N2O3/c1-27-21-11-9-20(22(15-21)28-2)10-12-23(26)24-16-18-5-7-19(8-6-18)17-25-13-3-4-14-25/h5-12,15H,3-4,13-14,16-17H2,1-2H3,(H,24,26)/b12-10+. The SMILES string of the molecule is COc1ccc(/C=C/C(=O)NCc2ccc(CN3CCCC3)cc2)c(OC)c1. The third-order valence-corrected chi connectivity index (χ3v) is 4.95. The molecule has 1 saturated heterocycles. The number of nitrogens with zero attached hydrogens (tertiary/aromatic N) is 1. The highest BCUT2D eigenvalue weighted by molar-refractivity contribution is 5.92. The van der Waals surface area contributed by atoms with Crippen LogP contribution < -0.4 is 14.8 Å². The Morgan fingerprint density at radius 2 is 1.75 bits per heavy atom. The fraction of sp³-hybridized carbons (Fsp3) is 0.348. The lowest BCUT2D eigenvalue weighted by Crippen LogP contribution is -2.20. The summed E-state index contributed by atoms with van der Waals surface area (Å²) in [4.78, 5) is 14.6. The lowest BCUT2D eigenvalue weighted by atomic mass is 10.1. The zero-order valence-electron chi connectivity index (χ0n) is 16.6. The van der Waals surface area contributed by atoms with Gasteiger partial charge in [0.25, 0.3) is 0 Å². The van der Waals surface area contributed by atoms with Crippen LogP contribution >= 0.6 is 0 Å². The number of carbonyl (C=O) groups excluding carboxylic acids is 1. The normalized spacial score (nSPS) is 14.4. The highest BCUT2D eigenvalue weighted by Gasteiger charge is 2.11. The molecule has 0 bridgehead atoms. The molecule has 28 heavy (non-hydrogen) atoms. The average Bonchev–Trinajstić information content (AvgIpc) is 3.24. The van der Waals surface area contributed by atoms with Crippen LogP contribution in [0.1, 0.15) is 29.5 Å². The molecule has 0 saturated carbocycles. The number of amides is 1. The summed E-state index contributed by atoms with van der Waals surface area (Å²) in [5, 5.41) is 2.92. The number of nitrogens with one attached hydrogen (secondary N) is 1. The molecule has 2 aromatic rings. The number of hydrogen-bond acceptors (Lipinski definition) is 4. The topological polar surface area (TPSA) is 50.8 Å². The molecule has 0 aliphatic carbocycles. The molecule has 1 aliphatic rings. The van der Waals surface area contributed by atoms with E-state index in [9.17, 15) is 4.79 Å². The van der Waals surface area contributed by atoms with Crippen LogP contribution in [0.2, 0.25) is 0 Å². The minimum absolute atomic E-state index is 0.140. The second-order valence-corrected chi connectivity index (χ2v) is 6.96. The number of hydrogen-bond donors (Lipinski definition) is 1. The lowest BCUT2D eigenvalue weighted by Gasteiger charge is -2.14. The predicted molar refractivity (Wildman–Crippen MR) is 111 cm³/mol. The van der Waals surface area contributed by atoms with Gasteiger partial charge >= 0.3 is 0 Å². The zero-order valence-corrected chi connectivity index (χ0v) is 16.6. The fourth-order valence-corrected chi connectivity index (χ4v) is 3.33. The van der Waals surface area contributed by atoms with Crippen LogP contribution in [0.3, 0.4) is 0 Å². The van der Waals surface area contributed by atoms with Crippen LogP contribution in [-0.4, -0.2) is 38.1 Å². The fourth-order valence-electron chi connectivity index (χ4n) is 3.33. The number of benzene rings is 2. The Morgan fingerprint density at radius 1 is 1.04 bits per heavy atom. The van der Waals surface area contributed by atoms with Gasteiger partial charge < -0.3 is 14.8 Å². The number of methoxy groups -OCH3 is 2. The van der Waals surface area contributed by atoms with Gasteiger partial charge in [-0.25, -0.2) is 0 Å². The van der Waals surface area contributed by atoms with Crippen molar-refractivity contribution < 1.29 is 14.3 Å². The zero-order chi connectivity index (χ0) is 19.8. The van der Waals surface area contributed by atoms with E-state index in [1.807, 2.05) is 12.1 Å². The second-order valence-electron chi connectivity index (χ2n) is 6.96. The maximum Gasteiger partial charge on any atom is 0.244 e. The van der Waals surface area contributed by atoms with E-state index in [0.717, 1.165) is 17.7 Å². The van der Waals surface area contributed by atoms with Crippen molar-refractivity contribution in [1.82, 2.24) is 10.2 Å². The quantitative estimate of drug-likeness (QED) is 0.711. The smallest absolute Gasteiger partial charge is 0.244 e. The number of ether oxygens (including phenoxy) is 2. The molecule has 0 aromatic heterocycles. The van der Waals surface area contributed by atoms with Gasteiger partial charge in [-0.3, -0.25) is 9.69 Å². The molecule has 5 nitrogen and oxygen atoms in total. The summed E-state index contributed by atoms with van der Waals surface area (Å²) in [6.07, 6.45) is 5.87. The molecule has 1 amide bonds. The Balaban J connectivity index is 1.50. The summed E-state index contributed by atoms with van der Waals surface area (Å²) >= 11 is 0. The molecule has 0 radical (unpaired) electrons. The maximum atomic E-state index is 12.1. The second kappa shape index (κ2) is 9.95. The number of rotatable bonds is 8. The summed E-state index contributed by atoms with van der Waals surface area (Å²) in [5.41, 5.74) is 3.24. The van der Waals surface area contributed by atoms with Gasteiger partial charge in [0.2, 0.25) is 5.91 Å². The van der Waals surface area contributed by atoms with Crippen molar-refractivity contribution in [2.75, 3.05) is 27.3 Å².